The molecule has 0 N–H and O–H groups in total. The summed E-state index contributed by atoms with van der Waals surface area (Å²) in [6.45, 7) is 4.47. The van der Waals surface area contributed by atoms with Crippen LogP contribution in [0.1, 0.15) is 18.1 Å². The van der Waals surface area contributed by atoms with Crippen LogP contribution in [0.2, 0.25) is 0 Å². The zero-order valence-corrected chi connectivity index (χ0v) is 15.0. The summed E-state index contributed by atoms with van der Waals surface area (Å²) in [7, 11) is 1.62. The molecule has 4 nitrogen and oxygen atoms in total. The van der Waals surface area contributed by atoms with E-state index in [2.05, 4.69) is 20.9 Å². The van der Waals surface area contributed by atoms with E-state index in [0.717, 1.165) is 21.3 Å². The summed E-state index contributed by atoms with van der Waals surface area (Å²) in [5.41, 5.74) is 1.99. The van der Waals surface area contributed by atoms with Gasteiger partial charge in [-0.1, -0.05) is 11.6 Å². The monoisotopic (exact) mass is 374 g/mol. The van der Waals surface area contributed by atoms with Gasteiger partial charge in [0.2, 0.25) is 0 Å². The first-order chi connectivity index (χ1) is 11.0. The number of carbonyl (C=O) groups is 1. The number of carbonyl (C=O) groups excluding carboxylic acids is 1. The van der Waals surface area contributed by atoms with Gasteiger partial charge in [0.1, 0.15) is 11.6 Å². The maximum absolute atomic E-state index is 12.5. The van der Waals surface area contributed by atoms with Crippen molar-refractivity contribution in [1.82, 2.24) is 4.98 Å². The van der Waals surface area contributed by atoms with Gasteiger partial charge in [-0.2, -0.15) is 0 Å². The molecule has 0 spiro atoms. The normalized spacial score (nSPS) is 10.8. The Morgan fingerprint density at radius 1 is 1.35 bits per heavy atom. The van der Waals surface area contributed by atoms with Crippen molar-refractivity contribution in [3.63, 3.8) is 0 Å². The molecule has 0 fully saturated rings. The van der Waals surface area contributed by atoms with E-state index in [0.29, 0.717) is 12.4 Å². The first-order valence-electron chi connectivity index (χ1n) is 7.31. The second-order valence-corrected chi connectivity index (χ2v) is 5.91. The lowest BCUT2D eigenvalue weighted by Crippen LogP contribution is -2.29. The van der Waals surface area contributed by atoms with Crippen molar-refractivity contribution in [3.05, 3.63) is 58.2 Å². The minimum atomic E-state index is -0.120. The fourth-order valence-corrected chi connectivity index (χ4v) is 2.43. The molecular weight excluding hydrogens is 356 g/mol. The van der Waals surface area contributed by atoms with E-state index in [4.69, 9.17) is 4.74 Å². The number of benzene rings is 1. The molecule has 1 heterocycles. The predicted octanol–water partition coefficient (Wildman–Crippen LogP) is 4.23. The minimum absolute atomic E-state index is 0.120. The Bertz CT molecular complexity index is 711. The highest BCUT2D eigenvalue weighted by Crippen LogP contribution is 2.21. The highest BCUT2D eigenvalue weighted by molar-refractivity contribution is 9.10. The second-order valence-electron chi connectivity index (χ2n) is 5.00. The molecule has 1 amide bonds. The number of hydrogen-bond acceptors (Lipinski definition) is 3. The van der Waals surface area contributed by atoms with Crippen molar-refractivity contribution in [2.24, 2.45) is 0 Å². The number of aryl methyl sites for hydroxylation is 1. The van der Waals surface area contributed by atoms with Gasteiger partial charge in [0, 0.05) is 28.9 Å². The number of nitrogens with zero attached hydrogens (tertiary/aromatic N) is 2. The summed E-state index contributed by atoms with van der Waals surface area (Å²) in [6.07, 6.45) is 5.00. The molecule has 120 valence electrons. The molecule has 0 atom stereocenters. The largest absolute Gasteiger partial charge is 0.496 e. The molecule has 1 aromatic carbocycles. The molecule has 0 aliphatic carbocycles. The zero-order valence-electron chi connectivity index (χ0n) is 13.4. The fourth-order valence-electron chi connectivity index (χ4n) is 2.19. The van der Waals surface area contributed by atoms with Crippen LogP contribution in [-0.4, -0.2) is 24.5 Å². The van der Waals surface area contributed by atoms with Crippen LogP contribution in [0.4, 0.5) is 5.82 Å². The Balaban J connectivity index is 2.22. The van der Waals surface area contributed by atoms with Crippen molar-refractivity contribution >= 4 is 33.7 Å². The second kappa shape index (κ2) is 7.92. The Hall–Kier alpha value is -2.14. The average molecular weight is 375 g/mol. The number of amides is 1. The third-order valence-electron chi connectivity index (χ3n) is 3.36. The van der Waals surface area contributed by atoms with Gasteiger partial charge in [-0.3, -0.25) is 9.69 Å². The van der Waals surface area contributed by atoms with E-state index in [9.17, 15) is 4.79 Å². The Labute approximate surface area is 144 Å². The maximum atomic E-state index is 12.5. The zero-order chi connectivity index (χ0) is 16.8. The molecule has 0 saturated carbocycles. The molecular formula is C18H19BrN2O2. The van der Waals surface area contributed by atoms with Crippen molar-refractivity contribution < 1.29 is 9.53 Å². The number of rotatable bonds is 5. The molecule has 0 aliphatic rings. The predicted molar refractivity (Wildman–Crippen MR) is 96.7 cm³/mol. The van der Waals surface area contributed by atoms with Crippen molar-refractivity contribution in [1.29, 1.82) is 0 Å². The number of anilines is 1. The Kier molecular flexibility index (Phi) is 5.93. The summed E-state index contributed by atoms with van der Waals surface area (Å²) in [5.74, 6) is 1.25. The Morgan fingerprint density at radius 2 is 2.13 bits per heavy atom. The van der Waals surface area contributed by atoms with Crippen LogP contribution in [0.25, 0.3) is 6.08 Å². The number of ether oxygens (including phenoxy) is 1. The standard InChI is InChI=1S/C18H19BrN2O2/c1-4-21(17-9-7-15(19)12-20-17)18(22)10-6-14-11-13(2)5-8-16(14)23-3/h5-12H,4H2,1-3H3/b10-6+. The third-order valence-corrected chi connectivity index (χ3v) is 3.83. The van der Waals surface area contributed by atoms with Crippen LogP contribution < -0.4 is 9.64 Å². The van der Waals surface area contributed by atoms with Gasteiger partial charge < -0.3 is 4.74 Å². The lowest BCUT2D eigenvalue weighted by Gasteiger charge is -2.18. The molecule has 5 heteroatoms. The van der Waals surface area contributed by atoms with Crippen LogP contribution in [0, 0.1) is 6.92 Å². The third kappa shape index (κ3) is 4.42. The number of pyridine rings is 1. The quantitative estimate of drug-likeness (QED) is 0.735. The minimum Gasteiger partial charge on any atom is -0.496 e. The van der Waals surface area contributed by atoms with E-state index in [1.165, 1.54) is 0 Å². The number of hydrogen-bond donors (Lipinski definition) is 0. The summed E-state index contributed by atoms with van der Waals surface area (Å²) in [4.78, 5) is 18.4. The molecule has 0 radical (unpaired) electrons. The summed E-state index contributed by atoms with van der Waals surface area (Å²) >= 11 is 3.34. The lowest BCUT2D eigenvalue weighted by atomic mass is 10.1. The Morgan fingerprint density at radius 3 is 2.74 bits per heavy atom. The van der Waals surface area contributed by atoms with Crippen LogP contribution in [-0.2, 0) is 4.79 Å². The smallest absolute Gasteiger partial charge is 0.252 e. The van der Waals surface area contributed by atoms with Gasteiger partial charge in [-0.05, 0) is 60.1 Å². The molecule has 0 unspecified atom stereocenters. The van der Waals surface area contributed by atoms with Gasteiger partial charge in [0.15, 0.2) is 0 Å². The maximum Gasteiger partial charge on any atom is 0.252 e. The van der Waals surface area contributed by atoms with Crippen LogP contribution >= 0.6 is 15.9 Å². The average Bonchev–Trinajstić information content (AvgIpc) is 2.55. The number of likely N-dealkylation sites (N-methyl/N-ethyl adjacent to an activating group) is 1. The topological polar surface area (TPSA) is 42.4 Å². The van der Waals surface area contributed by atoms with Crippen LogP contribution in [0.3, 0.4) is 0 Å². The van der Waals surface area contributed by atoms with E-state index in [1.54, 1.807) is 30.4 Å². The van der Waals surface area contributed by atoms with E-state index >= 15 is 0 Å². The van der Waals surface area contributed by atoms with Crippen molar-refractivity contribution in [2.75, 3.05) is 18.6 Å². The van der Waals surface area contributed by atoms with Gasteiger partial charge in [0.05, 0.1) is 7.11 Å². The highest BCUT2D eigenvalue weighted by atomic mass is 79.9. The summed E-state index contributed by atoms with van der Waals surface area (Å²) in [5, 5.41) is 0. The van der Waals surface area contributed by atoms with E-state index < -0.39 is 0 Å². The molecule has 23 heavy (non-hydrogen) atoms. The van der Waals surface area contributed by atoms with Gasteiger partial charge >= 0.3 is 0 Å². The molecule has 1 aromatic heterocycles. The first kappa shape index (κ1) is 17.2. The summed E-state index contributed by atoms with van der Waals surface area (Å²) in [6, 6.07) is 9.53. The molecule has 0 aliphatic heterocycles. The molecule has 0 saturated heterocycles. The number of aromatic nitrogens is 1. The van der Waals surface area contributed by atoms with Gasteiger partial charge in [-0.15, -0.1) is 0 Å². The van der Waals surface area contributed by atoms with Crippen LogP contribution in [0.5, 0.6) is 5.75 Å². The lowest BCUT2D eigenvalue weighted by molar-refractivity contribution is -0.114. The fraction of sp³-hybridized carbons (Fsp3) is 0.222. The number of methoxy groups -OCH3 is 1. The van der Waals surface area contributed by atoms with Gasteiger partial charge in [-0.25, -0.2) is 4.98 Å². The van der Waals surface area contributed by atoms with Crippen molar-refractivity contribution in [3.8, 4) is 5.75 Å². The van der Waals surface area contributed by atoms with Crippen LogP contribution in [0.15, 0.2) is 47.1 Å². The van der Waals surface area contributed by atoms with Gasteiger partial charge in [0.25, 0.3) is 5.91 Å². The number of halogens is 1. The summed E-state index contributed by atoms with van der Waals surface area (Å²) < 4.78 is 6.20. The SMILES string of the molecule is CCN(C(=O)/C=C/c1cc(C)ccc1OC)c1ccc(Br)cn1. The van der Waals surface area contributed by atoms with E-state index in [-0.39, 0.29) is 5.91 Å². The van der Waals surface area contributed by atoms with Crippen molar-refractivity contribution in [2.45, 2.75) is 13.8 Å². The molecule has 0 bridgehead atoms. The van der Waals surface area contributed by atoms with E-state index in [1.807, 2.05) is 44.2 Å². The molecule has 2 rings (SSSR count). The highest BCUT2D eigenvalue weighted by Gasteiger charge is 2.12. The molecule has 2 aromatic rings. The first-order valence-corrected chi connectivity index (χ1v) is 8.10.